The molecule has 0 fully saturated rings. The smallest absolute Gasteiger partial charge is 0.306 e. The lowest BCUT2D eigenvalue weighted by atomic mass is 10.0. The van der Waals surface area contributed by atoms with Crippen molar-refractivity contribution in [3.05, 3.63) is 0 Å². The molecule has 1 atom stereocenters. The fourth-order valence-electron chi connectivity index (χ4n) is 11.3. The SMILES string of the molecule is CCCCCCCCCCCCCCCCCCCCCCCCCCCCCC(=O)OCC(COC(=O)CCCCCCC)OC(=O)CCCCCCCCCCCCCCCCCCCCCCCCCCCCC. The Kier molecular flexibility index (Phi) is 65.5. The summed E-state index contributed by atoms with van der Waals surface area (Å²) in [4.78, 5) is 38.0. The van der Waals surface area contributed by atoms with Gasteiger partial charge >= 0.3 is 17.9 Å². The predicted molar refractivity (Wildman–Crippen MR) is 335 cm³/mol. The molecule has 77 heavy (non-hydrogen) atoms. The second kappa shape index (κ2) is 66.9. The van der Waals surface area contributed by atoms with Gasteiger partial charge in [-0.3, -0.25) is 14.4 Å². The van der Waals surface area contributed by atoms with Crippen LogP contribution in [-0.4, -0.2) is 37.2 Å². The average molecular weight is 1090 g/mol. The van der Waals surface area contributed by atoms with Gasteiger partial charge in [0.2, 0.25) is 0 Å². The lowest BCUT2D eigenvalue weighted by Gasteiger charge is -2.18. The van der Waals surface area contributed by atoms with E-state index in [1.165, 1.54) is 315 Å². The highest BCUT2D eigenvalue weighted by atomic mass is 16.6. The Labute approximate surface area is 482 Å². The maximum atomic E-state index is 12.9. The van der Waals surface area contributed by atoms with E-state index in [9.17, 15) is 14.4 Å². The number of esters is 3. The summed E-state index contributed by atoms with van der Waals surface area (Å²) in [6.45, 7) is 6.65. The molecule has 1 unspecified atom stereocenters. The van der Waals surface area contributed by atoms with Gasteiger partial charge in [0, 0.05) is 19.3 Å². The zero-order chi connectivity index (χ0) is 55.7. The molecule has 0 aliphatic carbocycles. The molecule has 0 aromatic rings. The molecule has 0 aromatic carbocycles. The van der Waals surface area contributed by atoms with Gasteiger partial charge < -0.3 is 14.2 Å². The minimum absolute atomic E-state index is 0.0621. The van der Waals surface area contributed by atoms with Crippen molar-refractivity contribution in [2.45, 2.75) is 425 Å². The highest BCUT2D eigenvalue weighted by Crippen LogP contribution is 2.20. The van der Waals surface area contributed by atoms with E-state index in [-0.39, 0.29) is 31.1 Å². The summed E-state index contributed by atoms with van der Waals surface area (Å²) in [7, 11) is 0. The molecule has 0 aliphatic heterocycles. The molecule has 0 amide bonds. The molecule has 458 valence electrons. The van der Waals surface area contributed by atoms with Gasteiger partial charge in [-0.25, -0.2) is 0 Å². The molecule has 6 heteroatoms. The van der Waals surface area contributed by atoms with Crippen molar-refractivity contribution in [1.82, 2.24) is 0 Å². The Morgan fingerprint density at radius 1 is 0.208 bits per heavy atom. The van der Waals surface area contributed by atoms with Crippen LogP contribution in [0.4, 0.5) is 0 Å². The van der Waals surface area contributed by atoms with Gasteiger partial charge in [-0.05, 0) is 19.3 Å². The second-order valence-corrected chi connectivity index (χ2v) is 24.5. The minimum atomic E-state index is -0.761. The van der Waals surface area contributed by atoms with Crippen molar-refractivity contribution in [2.75, 3.05) is 13.2 Å². The van der Waals surface area contributed by atoms with E-state index < -0.39 is 6.10 Å². The first-order chi connectivity index (χ1) is 38.0. The van der Waals surface area contributed by atoms with E-state index in [1.807, 2.05) is 0 Å². The molecular weight excluding hydrogens is 949 g/mol. The summed E-state index contributed by atoms with van der Waals surface area (Å²) in [5.74, 6) is -0.842. The third-order valence-corrected chi connectivity index (χ3v) is 16.6. The first-order valence-corrected chi connectivity index (χ1v) is 35.5. The summed E-state index contributed by atoms with van der Waals surface area (Å²) in [5, 5.41) is 0. The van der Waals surface area contributed by atoms with Crippen LogP contribution < -0.4 is 0 Å². The molecular formula is C71H138O6. The van der Waals surface area contributed by atoms with E-state index in [0.717, 1.165) is 64.2 Å². The monoisotopic (exact) mass is 1090 g/mol. The highest BCUT2D eigenvalue weighted by molar-refractivity contribution is 5.71. The molecule has 0 heterocycles. The quantitative estimate of drug-likeness (QED) is 0.0343. The summed E-state index contributed by atoms with van der Waals surface area (Å²) in [5.41, 5.74) is 0. The second-order valence-electron chi connectivity index (χ2n) is 24.5. The summed E-state index contributed by atoms with van der Waals surface area (Å²) in [6, 6.07) is 0. The Morgan fingerprint density at radius 2 is 0.351 bits per heavy atom. The first kappa shape index (κ1) is 75.4. The van der Waals surface area contributed by atoms with Gasteiger partial charge in [0.05, 0.1) is 0 Å². The maximum absolute atomic E-state index is 12.9. The fourth-order valence-corrected chi connectivity index (χ4v) is 11.3. The number of carbonyl (C=O) groups excluding carboxylic acids is 3. The Hall–Kier alpha value is -1.59. The van der Waals surface area contributed by atoms with Crippen molar-refractivity contribution >= 4 is 17.9 Å². The van der Waals surface area contributed by atoms with Gasteiger partial charge in [0.25, 0.3) is 0 Å². The highest BCUT2D eigenvalue weighted by Gasteiger charge is 2.19. The Balaban J connectivity index is 3.89. The van der Waals surface area contributed by atoms with Gasteiger partial charge in [-0.2, -0.15) is 0 Å². The molecule has 0 saturated heterocycles. The third kappa shape index (κ3) is 65.1. The number of hydrogen-bond acceptors (Lipinski definition) is 6. The van der Waals surface area contributed by atoms with Gasteiger partial charge in [0.15, 0.2) is 6.10 Å². The predicted octanol–water partition coefficient (Wildman–Crippen LogP) is 24.2. The van der Waals surface area contributed by atoms with Crippen LogP contribution in [0, 0.1) is 0 Å². The van der Waals surface area contributed by atoms with Crippen LogP contribution in [0.5, 0.6) is 0 Å². The normalized spacial score (nSPS) is 11.9. The van der Waals surface area contributed by atoms with Crippen LogP contribution in [0.3, 0.4) is 0 Å². The molecule has 0 rings (SSSR count). The van der Waals surface area contributed by atoms with Crippen molar-refractivity contribution in [3.8, 4) is 0 Å². The van der Waals surface area contributed by atoms with Crippen LogP contribution in [0.15, 0.2) is 0 Å². The number of carbonyl (C=O) groups is 3. The summed E-state index contributed by atoms with van der Waals surface area (Å²) in [6.07, 6.45) is 79.2. The van der Waals surface area contributed by atoms with Crippen molar-refractivity contribution < 1.29 is 28.6 Å². The van der Waals surface area contributed by atoms with Crippen LogP contribution in [0.25, 0.3) is 0 Å². The summed E-state index contributed by atoms with van der Waals surface area (Å²) >= 11 is 0. The first-order valence-electron chi connectivity index (χ1n) is 35.5. The van der Waals surface area contributed by atoms with Crippen molar-refractivity contribution in [2.24, 2.45) is 0 Å². The average Bonchev–Trinajstić information content (AvgIpc) is 3.43. The van der Waals surface area contributed by atoms with E-state index in [2.05, 4.69) is 20.8 Å². The van der Waals surface area contributed by atoms with Gasteiger partial charge in [-0.1, -0.05) is 380 Å². The fraction of sp³-hybridized carbons (Fsp3) is 0.958. The minimum Gasteiger partial charge on any atom is -0.462 e. The number of ether oxygens (including phenoxy) is 3. The molecule has 0 radical (unpaired) electrons. The number of hydrogen-bond donors (Lipinski definition) is 0. The van der Waals surface area contributed by atoms with Crippen LogP contribution in [-0.2, 0) is 28.6 Å². The van der Waals surface area contributed by atoms with E-state index >= 15 is 0 Å². The maximum Gasteiger partial charge on any atom is 0.306 e. The van der Waals surface area contributed by atoms with Crippen LogP contribution in [0.2, 0.25) is 0 Å². The Morgan fingerprint density at radius 3 is 0.519 bits per heavy atom. The van der Waals surface area contributed by atoms with Gasteiger partial charge in [0.1, 0.15) is 13.2 Å². The molecule has 6 nitrogen and oxygen atoms in total. The van der Waals surface area contributed by atoms with Crippen molar-refractivity contribution in [3.63, 3.8) is 0 Å². The molecule has 0 spiro atoms. The molecule has 0 bridgehead atoms. The van der Waals surface area contributed by atoms with E-state index in [1.54, 1.807) is 0 Å². The van der Waals surface area contributed by atoms with Crippen LogP contribution >= 0.6 is 0 Å². The van der Waals surface area contributed by atoms with E-state index in [0.29, 0.717) is 19.3 Å². The van der Waals surface area contributed by atoms with Crippen molar-refractivity contribution in [1.29, 1.82) is 0 Å². The topological polar surface area (TPSA) is 78.9 Å². The zero-order valence-corrected chi connectivity index (χ0v) is 52.8. The molecule has 0 saturated carbocycles. The zero-order valence-electron chi connectivity index (χ0n) is 52.8. The van der Waals surface area contributed by atoms with E-state index in [4.69, 9.17) is 14.2 Å². The summed E-state index contributed by atoms with van der Waals surface area (Å²) < 4.78 is 16.8. The number of rotatable bonds is 67. The molecule has 0 aliphatic rings. The Bertz CT molecular complexity index is 1160. The van der Waals surface area contributed by atoms with Crippen LogP contribution in [0.1, 0.15) is 419 Å². The number of unbranched alkanes of at least 4 members (excludes halogenated alkanes) is 56. The van der Waals surface area contributed by atoms with Gasteiger partial charge in [-0.15, -0.1) is 0 Å². The third-order valence-electron chi connectivity index (χ3n) is 16.6. The molecule has 0 aromatic heterocycles. The molecule has 0 N–H and O–H groups in total. The standard InChI is InChI=1S/C71H138O6/c1-4-7-10-13-15-17-19-21-23-25-27-29-31-33-35-37-39-41-43-45-47-49-51-53-55-58-61-64-70(73)76-67-68(66-75-69(72)63-60-57-12-9-6-3)77-71(74)65-62-59-56-54-52-50-48-46-44-42-40-38-36-34-32-30-28-26-24-22-20-18-16-14-11-8-5-2/h68H,4-67H2,1-3H3. The lowest BCUT2D eigenvalue weighted by Crippen LogP contribution is -2.30. The largest absolute Gasteiger partial charge is 0.462 e. The lowest BCUT2D eigenvalue weighted by molar-refractivity contribution is -0.167.